The smallest absolute Gasteiger partial charge is 0.0515 e. The zero-order valence-electron chi connectivity index (χ0n) is 14.5. The fourth-order valence-electron chi connectivity index (χ4n) is 3.03. The molecule has 0 radical (unpaired) electrons. The maximum absolute atomic E-state index is 5.41. The van der Waals surface area contributed by atoms with Crippen molar-refractivity contribution in [2.75, 3.05) is 27.4 Å². The molecule has 0 aromatic carbocycles. The van der Waals surface area contributed by atoms with Crippen molar-refractivity contribution >= 4 is 0 Å². The van der Waals surface area contributed by atoms with Crippen LogP contribution in [0.1, 0.15) is 78.1 Å². The fraction of sp³-hybridized carbons (Fsp3) is 1.00. The first-order chi connectivity index (χ1) is 9.79. The first-order valence-electron chi connectivity index (χ1n) is 8.77. The highest BCUT2D eigenvalue weighted by Gasteiger charge is 2.20. The van der Waals surface area contributed by atoms with Crippen molar-refractivity contribution in [2.45, 2.75) is 78.1 Å². The third kappa shape index (κ3) is 10.7. The van der Waals surface area contributed by atoms with Crippen molar-refractivity contribution in [1.82, 2.24) is 0 Å². The molecular formula is C18H38O2. The average Bonchev–Trinajstić information content (AvgIpc) is 2.45. The van der Waals surface area contributed by atoms with Crippen LogP contribution in [0.25, 0.3) is 0 Å². The molecule has 0 aromatic heterocycles. The molecule has 0 spiro atoms. The molecule has 0 atom stereocenters. The van der Waals surface area contributed by atoms with Crippen molar-refractivity contribution in [3.05, 3.63) is 0 Å². The minimum absolute atomic E-state index is 0.577. The Morgan fingerprint density at radius 1 is 0.600 bits per heavy atom. The van der Waals surface area contributed by atoms with E-state index in [1.165, 1.54) is 64.2 Å². The second-order valence-electron chi connectivity index (χ2n) is 6.13. The average molecular weight is 286 g/mol. The molecule has 122 valence electrons. The molecule has 0 aromatic rings. The highest BCUT2D eigenvalue weighted by atomic mass is 16.5. The van der Waals surface area contributed by atoms with Crippen molar-refractivity contribution in [1.29, 1.82) is 0 Å². The Bertz CT molecular complexity index is 164. The van der Waals surface area contributed by atoms with Crippen LogP contribution in [0.2, 0.25) is 0 Å². The van der Waals surface area contributed by atoms with Crippen LogP contribution in [0.5, 0.6) is 0 Å². The maximum Gasteiger partial charge on any atom is 0.0515 e. The Morgan fingerprint density at radius 2 is 1.05 bits per heavy atom. The molecule has 0 rings (SSSR count). The van der Waals surface area contributed by atoms with Crippen molar-refractivity contribution in [3.63, 3.8) is 0 Å². The molecule has 0 bridgehead atoms. The van der Waals surface area contributed by atoms with E-state index < -0.39 is 0 Å². The Balaban J connectivity index is 4.17. The van der Waals surface area contributed by atoms with Gasteiger partial charge in [0, 0.05) is 20.1 Å². The van der Waals surface area contributed by atoms with Gasteiger partial charge in [-0.1, -0.05) is 78.1 Å². The molecule has 20 heavy (non-hydrogen) atoms. The monoisotopic (exact) mass is 286 g/mol. The third-order valence-corrected chi connectivity index (χ3v) is 4.29. The van der Waals surface area contributed by atoms with Gasteiger partial charge in [-0.05, 0) is 5.92 Å². The van der Waals surface area contributed by atoms with E-state index in [0.29, 0.717) is 5.92 Å². The molecule has 0 aliphatic rings. The van der Waals surface area contributed by atoms with Crippen molar-refractivity contribution in [2.24, 2.45) is 11.8 Å². The number of unbranched alkanes of at least 4 members (excludes halogenated alkanes) is 6. The van der Waals surface area contributed by atoms with Gasteiger partial charge in [-0.25, -0.2) is 0 Å². The first-order valence-corrected chi connectivity index (χ1v) is 8.77. The normalized spacial score (nSPS) is 11.7. The SMILES string of the molecule is CCCCCCC(CCCCCC)C(COC)COC. The molecule has 0 heterocycles. The molecule has 0 fully saturated rings. The standard InChI is InChI=1S/C18H38O2/c1-5-7-9-11-13-17(14-12-10-8-6-2)18(15-19-3)16-20-4/h17-18H,5-16H2,1-4H3. The van der Waals surface area contributed by atoms with Crippen LogP contribution >= 0.6 is 0 Å². The summed E-state index contributed by atoms with van der Waals surface area (Å²) >= 11 is 0. The third-order valence-electron chi connectivity index (χ3n) is 4.29. The summed E-state index contributed by atoms with van der Waals surface area (Å²) in [5.41, 5.74) is 0. The van der Waals surface area contributed by atoms with Gasteiger partial charge in [0.15, 0.2) is 0 Å². The second-order valence-corrected chi connectivity index (χ2v) is 6.13. The molecule has 2 nitrogen and oxygen atoms in total. The van der Waals surface area contributed by atoms with Gasteiger partial charge in [-0.2, -0.15) is 0 Å². The van der Waals surface area contributed by atoms with Gasteiger partial charge in [-0.15, -0.1) is 0 Å². The number of ether oxygens (including phenoxy) is 2. The second kappa shape index (κ2) is 15.3. The summed E-state index contributed by atoms with van der Waals surface area (Å²) in [4.78, 5) is 0. The van der Waals surface area contributed by atoms with Gasteiger partial charge >= 0.3 is 0 Å². The van der Waals surface area contributed by atoms with Crippen molar-refractivity contribution in [3.8, 4) is 0 Å². The summed E-state index contributed by atoms with van der Waals surface area (Å²) in [5, 5.41) is 0. The minimum atomic E-state index is 0.577. The quantitative estimate of drug-likeness (QED) is 0.373. The van der Waals surface area contributed by atoms with Crippen LogP contribution in [-0.2, 0) is 9.47 Å². The van der Waals surface area contributed by atoms with Crippen LogP contribution in [0.4, 0.5) is 0 Å². The highest BCUT2D eigenvalue weighted by Crippen LogP contribution is 2.26. The van der Waals surface area contributed by atoms with Gasteiger partial charge in [0.1, 0.15) is 0 Å². The molecule has 0 aliphatic heterocycles. The molecule has 0 aliphatic carbocycles. The van der Waals surface area contributed by atoms with E-state index in [4.69, 9.17) is 9.47 Å². The topological polar surface area (TPSA) is 18.5 Å². The summed E-state index contributed by atoms with van der Waals surface area (Å²) in [6.07, 6.45) is 13.6. The molecule has 2 heteroatoms. The fourth-order valence-corrected chi connectivity index (χ4v) is 3.03. The van der Waals surface area contributed by atoms with Gasteiger partial charge < -0.3 is 9.47 Å². The molecule has 0 saturated heterocycles. The predicted molar refractivity (Wildman–Crippen MR) is 88.3 cm³/mol. The Kier molecular flexibility index (Phi) is 15.3. The van der Waals surface area contributed by atoms with E-state index >= 15 is 0 Å². The summed E-state index contributed by atoms with van der Waals surface area (Å²) in [6, 6.07) is 0. The molecular weight excluding hydrogens is 248 g/mol. The highest BCUT2D eigenvalue weighted by molar-refractivity contribution is 4.70. The Morgan fingerprint density at radius 3 is 1.40 bits per heavy atom. The summed E-state index contributed by atoms with van der Waals surface area (Å²) in [5.74, 6) is 1.36. The maximum atomic E-state index is 5.41. The lowest BCUT2D eigenvalue weighted by atomic mass is 9.84. The first kappa shape index (κ1) is 19.9. The molecule has 0 unspecified atom stereocenters. The lowest BCUT2D eigenvalue weighted by molar-refractivity contribution is 0.0473. The predicted octanol–water partition coefficient (Wildman–Crippen LogP) is 5.45. The lowest BCUT2D eigenvalue weighted by Gasteiger charge is -2.26. The zero-order chi connectivity index (χ0) is 15.1. The van der Waals surface area contributed by atoms with Crippen LogP contribution in [0.15, 0.2) is 0 Å². The number of rotatable bonds is 15. The van der Waals surface area contributed by atoms with E-state index in [2.05, 4.69) is 13.8 Å². The van der Waals surface area contributed by atoms with E-state index in [-0.39, 0.29) is 0 Å². The number of hydrogen-bond donors (Lipinski definition) is 0. The van der Waals surface area contributed by atoms with Crippen molar-refractivity contribution < 1.29 is 9.47 Å². The number of methoxy groups -OCH3 is 2. The van der Waals surface area contributed by atoms with Crippen LogP contribution < -0.4 is 0 Å². The van der Waals surface area contributed by atoms with E-state index in [0.717, 1.165) is 19.1 Å². The van der Waals surface area contributed by atoms with Crippen LogP contribution in [-0.4, -0.2) is 27.4 Å². The number of hydrogen-bond acceptors (Lipinski definition) is 2. The molecule has 0 saturated carbocycles. The Hall–Kier alpha value is -0.0800. The van der Waals surface area contributed by atoms with Gasteiger partial charge in [-0.3, -0.25) is 0 Å². The summed E-state index contributed by atoms with van der Waals surface area (Å²) in [6.45, 7) is 6.25. The van der Waals surface area contributed by atoms with Crippen LogP contribution in [0.3, 0.4) is 0 Å². The van der Waals surface area contributed by atoms with Gasteiger partial charge in [0.25, 0.3) is 0 Å². The molecule has 0 amide bonds. The van der Waals surface area contributed by atoms with Gasteiger partial charge in [0.2, 0.25) is 0 Å². The molecule has 0 N–H and O–H groups in total. The zero-order valence-corrected chi connectivity index (χ0v) is 14.5. The summed E-state index contributed by atoms with van der Waals surface area (Å²) < 4.78 is 10.8. The minimum Gasteiger partial charge on any atom is -0.384 e. The largest absolute Gasteiger partial charge is 0.384 e. The Labute approximate surface area is 127 Å². The van der Waals surface area contributed by atoms with Gasteiger partial charge in [0.05, 0.1) is 13.2 Å². The lowest BCUT2D eigenvalue weighted by Crippen LogP contribution is -2.24. The van der Waals surface area contributed by atoms with E-state index in [9.17, 15) is 0 Å². The van der Waals surface area contributed by atoms with Crippen LogP contribution in [0, 0.1) is 11.8 Å². The van der Waals surface area contributed by atoms with E-state index in [1.54, 1.807) is 0 Å². The van der Waals surface area contributed by atoms with E-state index in [1.807, 2.05) is 14.2 Å². The summed E-state index contributed by atoms with van der Waals surface area (Å²) in [7, 11) is 3.63.